The van der Waals surface area contributed by atoms with Crippen molar-refractivity contribution in [3.05, 3.63) is 65.7 Å². The van der Waals surface area contributed by atoms with Crippen LogP contribution >= 0.6 is 12.4 Å². The standard InChI is InChI=1S/C20H25N3O2.ClH/c21-11-10-17-6-8-19(9-7-17)22-12-14-23(15-13-22)20(24)25-16-18-4-2-1-3-5-18;/h1-9H,10-16,21H2;1H. The van der Waals surface area contributed by atoms with E-state index >= 15 is 0 Å². The van der Waals surface area contributed by atoms with E-state index in [1.807, 2.05) is 30.3 Å². The van der Waals surface area contributed by atoms with Crippen molar-refractivity contribution < 1.29 is 9.53 Å². The van der Waals surface area contributed by atoms with E-state index in [0.29, 0.717) is 26.2 Å². The Morgan fingerprint density at radius 3 is 2.19 bits per heavy atom. The van der Waals surface area contributed by atoms with Crippen LogP contribution in [-0.2, 0) is 17.8 Å². The molecule has 1 amide bonds. The molecule has 0 aliphatic carbocycles. The van der Waals surface area contributed by atoms with Gasteiger partial charge in [0.15, 0.2) is 0 Å². The van der Waals surface area contributed by atoms with Crippen LogP contribution in [0.25, 0.3) is 0 Å². The molecular weight excluding hydrogens is 350 g/mol. The number of benzene rings is 2. The highest BCUT2D eigenvalue weighted by Crippen LogP contribution is 2.18. The fraction of sp³-hybridized carbons (Fsp3) is 0.350. The quantitative estimate of drug-likeness (QED) is 0.872. The van der Waals surface area contributed by atoms with Gasteiger partial charge in [0.1, 0.15) is 6.61 Å². The van der Waals surface area contributed by atoms with Crippen molar-refractivity contribution in [1.29, 1.82) is 0 Å². The summed E-state index contributed by atoms with van der Waals surface area (Å²) in [6.07, 6.45) is 0.670. The van der Waals surface area contributed by atoms with Crippen LogP contribution in [0.5, 0.6) is 0 Å². The van der Waals surface area contributed by atoms with Crippen molar-refractivity contribution in [3.8, 4) is 0 Å². The minimum Gasteiger partial charge on any atom is -0.445 e. The van der Waals surface area contributed by atoms with Gasteiger partial charge in [-0.3, -0.25) is 0 Å². The van der Waals surface area contributed by atoms with Crippen molar-refractivity contribution in [2.75, 3.05) is 37.6 Å². The number of anilines is 1. The molecule has 26 heavy (non-hydrogen) atoms. The highest BCUT2D eigenvalue weighted by Gasteiger charge is 2.22. The summed E-state index contributed by atoms with van der Waals surface area (Å²) >= 11 is 0. The molecule has 0 bridgehead atoms. The molecule has 2 N–H and O–H groups in total. The Morgan fingerprint density at radius 1 is 0.923 bits per heavy atom. The van der Waals surface area contributed by atoms with Gasteiger partial charge in [0, 0.05) is 31.9 Å². The molecule has 6 heteroatoms. The van der Waals surface area contributed by atoms with Crippen LogP contribution in [-0.4, -0.2) is 43.7 Å². The minimum absolute atomic E-state index is 0. The number of rotatable bonds is 5. The molecular formula is C20H26ClN3O2. The first-order valence-corrected chi connectivity index (χ1v) is 8.76. The monoisotopic (exact) mass is 375 g/mol. The zero-order valence-corrected chi connectivity index (χ0v) is 15.7. The Kier molecular flexibility index (Phi) is 7.75. The molecule has 1 fully saturated rings. The molecule has 5 nitrogen and oxygen atoms in total. The Bertz CT molecular complexity index is 671. The summed E-state index contributed by atoms with van der Waals surface area (Å²) in [6.45, 7) is 3.98. The molecule has 0 atom stereocenters. The number of hydrogen-bond donors (Lipinski definition) is 1. The normalized spacial score (nSPS) is 13.9. The van der Waals surface area contributed by atoms with Crippen LogP contribution in [0.4, 0.5) is 10.5 Å². The Labute approximate surface area is 161 Å². The summed E-state index contributed by atoms with van der Waals surface area (Å²) in [6, 6.07) is 18.3. The number of nitrogens with two attached hydrogens (primary N) is 1. The highest BCUT2D eigenvalue weighted by atomic mass is 35.5. The summed E-state index contributed by atoms with van der Waals surface area (Å²) in [7, 11) is 0. The number of halogens is 1. The second-order valence-corrected chi connectivity index (χ2v) is 6.22. The van der Waals surface area contributed by atoms with Gasteiger partial charge in [-0.05, 0) is 36.2 Å². The smallest absolute Gasteiger partial charge is 0.410 e. The molecule has 2 aromatic rings. The van der Waals surface area contributed by atoms with Crippen molar-refractivity contribution >= 4 is 24.2 Å². The Hall–Kier alpha value is -2.24. The van der Waals surface area contributed by atoms with E-state index in [0.717, 1.165) is 25.1 Å². The molecule has 1 saturated heterocycles. The van der Waals surface area contributed by atoms with E-state index in [1.54, 1.807) is 4.90 Å². The van der Waals surface area contributed by atoms with E-state index in [4.69, 9.17) is 10.5 Å². The Morgan fingerprint density at radius 2 is 1.58 bits per heavy atom. The summed E-state index contributed by atoms with van der Waals surface area (Å²) < 4.78 is 5.41. The predicted octanol–water partition coefficient (Wildman–Crippen LogP) is 3.07. The molecule has 0 spiro atoms. The molecule has 1 heterocycles. The topological polar surface area (TPSA) is 58.8 Å². The first kappa shape index (κ1) is 20.1. The maximum atomic E-state index is 12.2. The third-order valence-electron chi connectivity index (χ3n) is 4.48. The van der Waals surface area contributed by atoms with Gasteiger partial charge in [-0.15, -0.1) is 12.4 Å². The molecule has 0 aromatic heterocycles. The third-order valence-corrected chi connectivity index (χ3v) is 4.48. The van der Waals surface area contributed by atoms with Gasteiger partial charge in [-0.1, -0.05) is 42.5 Å². The molecule has 0 unspecified atom stereocenters. The van der Waals surface area contributed by atoms with Crippen LogP contribution in [0.15, 0.2) is 54.6 Å². The maximum absolute atomic E-state index is 12.2. The lowest BCUT2D eigenvalue weighted by Crippen LogP contribution is -2.48. The van der Waals surface area contributed by atoms with E-state index in [9.17, 15) is 4.79 Å². The number of ether oxygens (including phenoxy) is 1. The number of carbonyl (C=O) groups excluding carboxylic acids is 1. The van der Waals surface area contributed by atoms with Crippen molar-refractivity contribution in [3.63, 3.8) is 0 Å². The first-order chi connectivity index (χ1) is 12.3. The molecule has 0 radical (unpaired) electrons. The van der Waals surface area contributed by atoms with Crippen molar-refractivity contribution in [2.45, 2.75) is 13.0 Å². The SMILES string of the molecule is Cl.NCCc1ccc(N2CCN(C(=O)OCc3ccccc3)CC2)cc1. The molecule has 3 rings (SSSR count). The number of nitrogens with zero attached hydrogens (tertiary/aromatic N) is 2. The second-order valence-electron chi connectivity index (χ2n) is 6.22. The van der Waals surface area contributed by atoms with Gasteiger partial charge in [0.05, 0.1) is 0 Å². The van der Waals surface area contributed by atoms with Crippen LogP contribution in [0.3, 0.4) is 0 Å². The molecule has 2 aromatic carbocycles. The van der Waals surface area contributed by atoms with Gasteiger partial charge in [0.2, 0.25) is 0 Å². The van der Waals surface area contributed by atoms with E-state index in [-0.39, 0.29) is 18.5 Å². The molecule has 0 saturated carbocycles. The number of hydrogen-bond acceptors (Lipinski definition) is 4. The first-order valence-electron chi connectivity index (χ1n) is 8.76. The predicted molar refractivity (Wildman–Crippen MR) is 107 cm³/mol. The Balaban J connectivity index is 0.00000243. The van der Waals surface area contributed by atoms with Crippen LogP contribution in [0.1, 0.15) is 11.1 Å². The fourth-order valence-corrected chi connectivity index (χ4v) is 3.00. The molecule has 1 aliphatic heterocycles. The summed E-state index contributed by atoms with van der Waals surface area (Å²) in [4.78, 5) is 16.3. The van der Waals surface area contributed by atoms with Gasteiger partial charge >= 0.3 is 6.09 Å². The van der Waals surface area contributed by atoms with Crippen molar-refractivity contribution in [1.82, 2.24) is 4.90 Å². The number of piperazine rings is 1. The number of amides is 1. The zero-order valence-electron chi connectivity index (χ0n) is 14.8. The molecule has 140 valence electrons. The highest BCUT2D eigenvalue weighted by molar-refractivity contribution is 5.85. The van der Waals surface area contributed by atoms with Gasteiger partial charge in [-0.25, -0.2) is 4.79 Å². The lowest BCUT2D eigenvalue weighted by atomic mass is 10.1. The van der Waals surface area contributed by atoms with Crippen molar-refractivity contribution in [2.24, 2.45) is 5.73 Å². The van der Waals surface area contributed by atoms with Gasteiger partial charge < -0.3 is 20.3 Å². The lowest BCUT2D eigenvalue weighted by molar-refractivity contribution is 0.0942. The van der Waals surface area contributed by atoms with Crippen LogP contribution < -0.4 is 10.6 Å². The average Bonchev–Trinajstić information content (AvgIpc) is 2.68. The van der Waals surface area contributed by atoms with Crippen LogP contribution in [0, 0.1) is 0 Å². The average molecular weight is 376 g/mol. The summed E-state index contributed by atoms with van der Waals surface area (Å²) in [5, 5.41) is 0. The van der Waals surface area contributed by atoms with Gasteiger partial charge in [0.25, 0.3) is 0 Å². The maximum Gasteiger partial charge on any atom is 0.410 e. The fourth-order valence-electron chi connectivity index (χ4n) is 3.00. The zero-order chi connectivity index (χ0) is 17.5. The van der Waals surface area contributed by atoms with Gasteiger partial charge in [-0.2, -0.15) is 0 Å². The van der Waals surface area contributed by atoms with E-state index in [2.05, 4.69) is 29.2 Å². The summed E-state index contributed by atoms with van der Waals surface area (Å²) in [5.41, 5.74) is 9.04. The lowest BCUT2D eigenvalue weighted by Gasteiger charge is -2.35. The largest absolute Gasteiger partial charge is 0.445 e. The van der Waals surface area contributed by atoms with Crippen LogP contribution in [0.2, 0.25) is 0 Å². The van der Waals surface area contributed by atoms with E-state index < -0.39 is 0 Å². The minimum atomic E-state index is -0.234. The second kappa shape index (κ2) is 10.0. The molecule has 1 aliphatic rings. The number of carbonyl (C=O) groups is 1. The summed E-state index contributed by atoms with van der Waals surface area (Å²) in [5.74, 6) is 0. The third kappa shape index (κ3) is 5.38. The van der Waals surface area contributed by atoms with E-state index in [1.165, 1.54) is 11.3 Å².